The molecule has 1 aliphatic heterocycles. The van der Waals surface area contributed by atoms with E-state index in [1.807, 2.05) is 30.3 Å². The van der Waals surface area contributed by atoms with Gasteiger partial charge in [0, 0.05) is 40.2 Å². The molecule has 0 bridgehead atoms. The fraction of sp³-hybridized carbons (Fsp3) is 0.233. The van der Waals surface area contributed by atoms with Crippen molar-refractivity contribution in [1.29, 1.82) is 0 Å². The maximum atomic E-state index is 10.7. The van der Waals surface area contributed by atoms with Crippen molar-refractivity contribution in [3.8, 4) is 5.75 Å². The highest BCUT2D eigenvalue weighted by molar-refractivity contribution is 9.10. The Morgan fingerprint density at radius 2 is 1.56 bits per heavy atom. The summed E-state index contributed by atoms with van der Waals surface area (Å²) in [5, 5.41) is 11.7. The first-order valence-electron chi connectivity index (χ1n) is 12.2. The number of halogens is 2. The molecule has 6 heteroatoms. The third-order valence-electron chi connectivity index (χ3n) is 6.55. The average molecular weight is 608 g/mol. The van der Waals surface area contributed by atoms with Crippen molar-refractivity contribution in [2.45, 2.75) is 18.9 Å². The number of aromatic nitrogens is 1. The van der Waals surface area contributed by atoms with Gasteiger partial charge in [-0.15, -0.1) is 0 Å². The molecule has 1 aromatic heterocycles. The van der Waals surface area contributed by atoms with Gasteiger partial charge in [-0.1, -0.05) is 67.8 Å². The van der Waals surface area contributed by atoms with Crippen molar-refractivity contribution in [2.75, 3.05) is 26.2 Å². The number of ether oxygens (including phenoxy) is 1. The van der Waals surface area contributed by atoms with Gasteiger partial charge in [-0.3, -0.25) is 9.88 Å². The van der Waals surface area contributed by atoms with E-state index < -0.39 is 6.10 Å². The second kappa shape index (κ2) is 11.7. The summed E-state index contributed by atoms with van der Waals surface area (Å²) >= 11 is 7.28. The van der Waals surface area contributed by atoms with Crippen molar-refractivity contribution in [3.63, 3.8) is 0 Å². The fourth-order valence-electron chi connectivity index (χ4n) is 4.86. The third kappa shape index (κ3) is 6.06. The Balaban J connectivity index is 1.25. The lowest BCUT2D eigenvalue weighted by molar-refractivity contribution is 0.0661. The van der Waals surface area contributed by atoms with E-state index in [2.05, 4.69) is 90.3 Å². The van der Waals surface area contributed by atoms with Crippen LogP contribution in [0.4, 0.5) is 0 Å². The number of aliphatic hydroxyl groups is 1. The smallest absolute Gasteiger partial charge is 0.128 e. The number of hydrogen-bond acceptors (Lipinski definition) is 4. The Morgan fingerprint density at radius 3 is 2.22 bits per heavy atom. The monoisotopic (exact) mass is 606 g/mol. The molecule has 1 unspecified atom stereocenters. The number of aliphatic hydroxyl groups excluding tert-OH is 1. The molecule has 4 aromatic rings. The molecule has 1 atom stereocenters. The quantitative estimate of drug-likeness (QED) is 0.243. The summed E-state index contributed by atoms with van der Waals surface area (Å²) in [7, 11) is 0. The van der Waals surface area contributed by atoms with Gasteiger partial charge in [-0.25, -0.2) is 0 Å². The van der Waals surface area contributed by atoms with E-state index in [1.165, 1.54) is 22.3 Å². The molecule has 5 rings (SSSR count). The molecule has 4 nitrogen and oxygen atoms in total. The molecular weight excluding hydrogens is 580 g/mol. The van der Waals surface area contributed by atoms with E-state index in [4.69, 9.17) is 4.74 Å². The summed E-state index contributed by atoms with van der Waals surface area (Å²) in [4.78, 5) is 6.71. The molecule has 1 saturated heterocycles. The van der Waals surface area contributed by atoms with Gasteiger partial charge in [0.1, 0.15) is 18.5 Å². The first-order valence-corrected chi connectivity index (χ1v) is 13.8. The lowest BCUT2D eigenvalue weighted by atomic mass is 9.88. The van der Waals surface area contributed by atoms with Crippen LogP contribution in [0.1, 0.15) is 24.0 Å². The summed E-state index contributed by atoms with van der Waals surface area (Å²) in [6.45, 7) is 2.68. The van der Waals surface area contributed by atoms with Crippen molar-refractivity contribution in [2.24, 2.45) is 0 Å². The normalized spacial score (nSPS) is 15.1. The molecule has 2 heterocycles. The van der Waals surface area contributed by atoms with Crippen LogP contribution in [0, 0.1) is 0 Å². The first kappa shape index (κ1) is 25.2. The van der Waals surface area contributed by atoms with Gasteiger partial charge in [0.05, 0.1) is 5.52 Å². The van der Waals surface area contributed by atoms with Crippen LogP contribution in [0.2, 0.25) is 0 Å². The first-order chi connectivity index (χ1) is 17.6. The minimum Gasteiger partial charge on any atom is -0.490 e. The van der Waals surface area contributed by atoms with Crippen LogP contribution in [0.5, 0.6) is 5.75 Å². The molecule has 0 aliphatic carbocycles. The number of β-amino-alcohol motifs (C(OH)–C–C–N with tert-alkyl or cyclic N) is 1. The number of benzene rings is 3. The Bertz CT molecular complexity index is 1330. The Morgan fingerprint density at radius 1 is 0.889 bits per heavy atom. The minimum absolute atomic E-state index is 0.258. The van der Waals surface area contributed by atoms with Gasteiger partial charge in [-0.05, 0) is 78.1 Å². The molecule has 1 N–H and O–H groups in total. The standard InChI is InChI=1S/C30H28Br2N2O2/c31-24-7-1-5-22(17-24)30(23-6-2-8-25(32)18-23)21-12-15-34(16-13-21)19-26(35)20-36-29-11-3-10-28-27(29)9-4-14-33-28/h1-11,14,17-18,26,35H,12-13,15-16,19-20H2. The zero-order valence-electron chi connectivity index (χ0n) is 19.9. The summed E-state index contributed by atoms with van der Waals surface area (Å²) in [5.41, 5.74) is 6.11. The van der Waals surface area contributed by atoms with Gasteiger partial charge in [0.2, 0.25) is 0 Å². The Kier molecular flexibility index (Phi) is 8.17. The lowest BCUT2D eigenvalue weighted by Crippen LogP contribution is -2.39. The number of likely N-dealkylation sites (tertiary alicyclic amines) is 1. The second-order valence-electron chi connectivity index (χ2n) is 9.09. The van der Waals surface area contributed by atoms with Gasteiger partial charge < -0.3 is 9.84 Å². The number of fused-ring (bicyclic) bond motifs is 1. The summed E-state index contributed by atoms with van der Waals surface area (Å²) in [6, 6.07) is 26.8. The zero-order valence-corrected chi connectivity index (χ0v) is 23.1. The van der Waals surface area contributed by atoms with Crippen molar-refractivity contribution >= 4 is 48.3 Å². The van der Waals surface area contributed by atoms with E-state index >= 15 is 0 Å². The van der Waals surface area contributed by atoms with Crippen LogP contribution in [0.25, 0.3) is 16.5 Å². The summed E-state index contributed by atoms with van der Waals surface area (Å²) in [5.74, 6) is 0.760. The van der Waals surface area contributed by atoms with Crippen molar-refractivity contribution in [3.05, 3.63) is 111 Å². The summed E-state index contributed by atoms with van der Waals surface area (Å²) < 4.78 is 8.14. The average Bonchev–Trinajstić information content (AvgIpc) is 2.89. The van der Waals surface area contributed by atoms with Crippen LogP contribution in [-0.2, 0) is 0 Å². The molecule has 0 amide bonds. The molecule has 36 heavy (non-hydrogen) atoms. The van der Waals surface area contributed by atoms with Crippen molar-refractivity contribution < 1.29 is 9.84 Å². The molecular formula is C30H28Br2N2O2. The fourth-order valence-corrected chi connectivity index (χ4v) is 5.65. The van der Waals surface area contributed by atoms with E-state index in [9.17, 15) is 5.11 Å². The molecule has 1 fully saturated rings. The predicted molar refractivity (Wildman–Crippen MR) is 153 cm³/mol. The van der Waals surface area contributed by atoms with E-state index in [1.54, 1.807) is 6.20 Å². The van der Waals surface area contributed by atoms with Crippen LogP contribution >= 0.6 is 31.9 Å². The van der Waals surface area contributed by atoms with Crippen LogP contribution in [0.3, 0.4) is 0 Å². The molecule has 3 aromatic carbocycles. The molecule has 184 valence electrons. The Labute approximate surface area is 228 Å². The van der Waals surface area contributed by atoms with Gasteiger partial charge >= 0.3 is 0 Å². The van der Waals surface area contributed by atoms with Crippen LogP contribution in [0.15, 0.2) is 99.6 Å². The van der Waals surface area contributed by atoms with Gasteiger partial charge in [0.25, 0.3) is 0 Å². The zero-order chi connectivity index (χ0) is 24.9. The Hall–Kier alpha value is -2.51. The number of rotatable bonds is 7. The maximum absolute atomic E-state index is 10.7. The van der Waals surface area contributed by atoms with E-state index in [0.29, 0.717) is 6.54 Å². The highest BCUT2D eigenvalue weighted by atomic mass is 79.9. The van der Waals surface area contributed by atoms with Gasteiger partial charge in [0.15, 0.2) is 0 Å². The largest absolute Gasteiger partial charge is 0.490 e. The van der Waals surface area contributed by atoms with Crippen LogP contribution < -0.4 is 4.74 Å². The molecule has 1 aliphatic rings. The molecule has 0 spiro atoms. The van der Waals surface area contributed by atoms with E-state index in [0.717, 1.165) is 51.5 Å². The highest BCUT2D eigenvalue weighted by Gasteiger charge is 2.21. The topological polar surface area (TPSA) is 45.6 Å². The predicted octanol–water partition coefficient (Wildman–Crippen LogP) is 7.10. The second-order valence-corrected chi connectivity index (χ2v) is 10.9. The van der Waals surface area contributed by atoms with Gasteiger partial charge in [-0.2, -0.15) is 0 Å². The lowest BCUT2D eigenvalue weighted by Gasteiger charge is -2.31. The SMILES string of the molecule is OC(COc1cccc2ncccc12)CN1CCC(=C(c2cccc(Br)c2)c2cccc(Br)c2)CC1. The number of nitrogens with zero attached hydrogens (tertiary/aromatic N) is 2. The molecule has 0 saturated carbocycles. The highest BCUT2D eigenvalue weighted by Crippen LogP contribution is 2.34. The van der Waals surface area contributed by atoms with Crippen LogP contribution in [-0.4, -0.2) is 47.3 Å². The van der Waals surface area contributed by atoms with Crippen molar-refractivity contribution in [1.82, 2.24) is 9.88 Å². The minimum atomic E-state index is -0.558. The maximum Gasteiger partial charge on any atom is 0.128 e. The third-order valence-corrected chi connectivity index (χ3v) is 7.53. The number of pyridine rings is 1. The molecule has 0 radical (unpaired) electrons. The number of hydrogen-bond donors (Lipinski definition) is 1. The summed E-state index contributed by atoms with van der Waals surface area (Å²) in [6.07, 6.45) is 3.16. The van der Waals surface area contributed by atoms with E-state index in [-0.39, 0.29) is 6.61 Å². The number of piperidine rings is 1.